The largest absolute Gasteiger partial charge is 0.489 e. The zero-order chi connectivity index (χ0) is 20.7. The van der Waals surface area contributed by atoms with Crippen LogP contribution in [-0.2, 0) is 19.6 Å². The Morgan fingerprint density at radius 3 is 2.50 bits per heavy atom. The average molecular weight is 424 g/mol. The average Bonchev–Trinajstić information content (AvgIpc) is 2.64. The molecule has 0 unspecified atom stereocenters. The molecule has 0 radical (unpaired) electrons. The Morgan fingerprint density at radius 1 is 1.21 bits per heavy atom. The van der Waals surface area contributed by atoms with Crippen molar-refractivity contribution in [2.75, 3.05) is 17.5 Å². The summed E-state index contributed by atoms with van der Waals surface area (Å²) in [4.78, 5) is 12.2. The molecule has 0 aliphatic heterocycles. The van der Waals surface area contributed by atoms with Gasteiger partial charge in [0, 0.05) is 11.1 Å². The van der Waals surface area contributed by atoms with E-state index in [1.165, 1.54) is 24.3 Å². The van der Waals surface area contributed by atoms with Gasteiger partial charge in [0.25, 0.3) is 10.0 Å². The van der Waals surface area contributed by atoms with Gasteiger partial charge in [0.2, 0.25) is 0 Å². The minimum atomic E-state index is -4.04. The van der Waals surface area contributed by atoms with Crippen molar-refractivity contribution in [1.29, 1.82) is 0 Å². The first-order valence-electron chi connectivity index (χ1n) is 8.55. The van der Waals surface area contributed by atoms with Crippen molar-refractivity contribution in [3.05, 3.63) is 66.2 Å². The van der Waals surface area contributed by atoms with Crippen LogP contribution in [0.5, 0.6) is 5.75 Å². The van der Waals surface area contributed by atoms with Crippen LogP contribution in [0.3, 0.4) is 0 Å². The summed E-state index contributed by atoms with van der Waals surface area (Å²) >= 11 is 5.86. The number of anilines is 1. The van der Waals surface area contributed by atoms with Gasteiger partial charge < -0.3 is 9.47 Å². The van der Waals surface area contributed by atoms with Crippen LogP contribution >= 0.6 is 11.6 Å². The Hall–Kier alpha value is -2.51. The van der Waals surface area contributed by atoms with Gasteiger partial charge in [-0.25, -0.2) is 8.42 Å². The van der Waals surface area contributed by atoms with Gasteiger partial charge in [-0.3, -0.25) is 9.10 Å². The number of ether oxygens (including phenoxy) is 2. The summed E-state index contributed by atoms with van der Waals surface area (Å²) in [6.07, 6.45) is 1.21. The fraction of sp³-hybridized carbons (Fsp3) is 0.250. The first-order chi connectivity index (χ1) is 13.2. The molecule has 0 amide bonds. The number of esters is 1. The summed E-state index contributed by atoms with van der Waals surface area (Å²) in [5.74, 6) is -0.212. The van der Waals surface area contributed by atoms with Gasteiger partial charge in [-0.2, -0.15) is 0 Å². The number of sulfonamides is 1. The molecule has 2 aromatic carbocycles. The Morgan fingerprint density at radius 2 is 1.89 bits per heavy atom. The fourth-order valence-electron chi connectivity index (χ4n) is 2.35. The molecule has 150 valence electrons. The van der Waals surface area contributed by atoms with Gasteiger partial charge in [-0.1, -0.05) is 30.3 Å². The first-order valence-corrected chi connectivity index (χ1v) is 10.4. The zero-order valence-electron chi connectivity index (χ0n) is 15.7. The van der Waals surface area contributed by atoms with Crippen molar-refractivity contribution >= 4 is 33.3 Å². The van der Waals surface area contributed by atoms with Crippen LogP contribution in [-0.4, -0.2) is 33.6 Å². The maximum absolute atomic E-state index is 13.2. The quantitative estimate of drug-likeness (QED) is 0.449. The van der Waals surface area contributed by atoms with Crippen LogP contribution in [0.15, 0.2) is 66.1 Å². The topological polar surface area (TPSA) is 72.9 Å². The monoisotopic (exact) mass is 423 g/mol. The third kappa shape index (κ3) is 5.74. The lowest BCUT2D eigenvalue weighted by atomic mass is 10.3. The van der Waals surface area contributed by atoms with Gasteiger partial charge in [0.15, 0.2) is 0 Å². The second-order valence-electron chi connectivity index (χ2n) is 6.10. The van der Waals surface area contributed by atoms with Crippen molar-refractivity contribution in [1.82, 2.24) is 0 Å². The van der Waals surface area contributed by atoms with E-state index in [0.29, 0.717) is 10.8 Å². The molecule has 2 aromatic rings. The summed E-state index contributed by atoms with van der Waals surface area (Å²) in [6, 6.07) is 12.2. The molecular weight excluding hydrogens is 402 g/mol. The van der Waals surface area contributed by atoms with Crippen LogP contribution in [0.1, 0.15) is 13.8 Å². The number of hydrogen-bond acceptors (Lipinski definition) is 5. The molecule has 0 aliphatic carbocycles. The molecule has 0 fully saturated rings. The van der Waals surface area contributed by atoms with E-state index in [1.807, 2.05) is 0 Å². The predicted molar refractivity (Wildman–Crippen MR) is 109 cm³/mol. The van der Waals surface area contributed by atoms with E-state index in [0.717, 1.165) is 4.31 Å². The Labute approximate surface area is 170 Å². The van der Waals surface area contributed by atoms with E-state index in [-0.39, 0.29) is 23.3 Å². The smallest absolute Gasteiger partial charge is 0.327 e. The van der Waals surface area contributed by atoms with E-state index in [9.17, 15) is 13.2 Å². The normalized spacial score (nSPS) is 11.1. The SMILES string of the molecule is C=CCOc1cccc(N(CC(=O)OC(C)C)S(=O)(=O)c2ccc(Cl)cc2)c1. The second-order valence-corrected chi connectivity index (χ2v) is 8.40. The number of rotatable bonds is 9. The van der Waals surface area contributed by atoms with Crippen molar-refractivity contribution < 1.29 is 22.7 Å². The van der Waals surface area contributed by atoms with E-state index >= 15 is 0 Å². The standard InChI is InChI=1S/C20H22ClNO5S/c1-4-12-26-18-7-5-6-17(13-18)22(14-20(23)27-15(2)3)28(24,25)19-10-8-16(21)9-11-19/h4-11,13,15H,1,12,14H2,2-3H3. The van der Waals surface area contributed by atoms with Crippen LogP contribution in [0, 0.1) is 0 Å². The highest BCUT2D eigenvalue weighted by molar-refractivity contribution is 7.92. The van der Waals surface area contributed by atoms with E-state index < -0.39 is 22.5 Å². The molecule has 0 aromatic heterocycles. The molecule has 0 saturated heterocycles. The zero-order valence-corrected chi connectivity index (χ0v) is 17.2. The van der Waals surface area contributed by atoms with Crippen LogP contribution in [0.2, 0.25) is 5.02 Å². The Balaban J connectivity index is 2.46. The van der Waals surface area contributed by atoms with Gasteiger partial charge >= 0.3 is 5.97 Å². The first kappa shape index (κ1) is 21.8. The molecule has 0 heterocycles. The lowest BCUT2D eigenvalue weighted by Gasteiger charge is -2.24. The molecule has 2 rings (SSSR count). The van der Waals surface area contributed by atoms with Gasteiger partial charge in [-0.15, -0.1) is 0 Å². The van der Waals surface area contributed by atoms with Crippen molar-refractivity contribution in [2.24, 2.45) is 0 Å². The third-order valence-electron chi connectivity index (χ3n) is 3.51. The summed E-state index contributed by atoms with van der Waals surface area (Å²) in [7, 11) is -4.04. The molecule has 6 nitrogen and oxygen atoms in total. The highest BCUT2D eigenvalue weighted by Crippen LogP contribution is 2.28. The van der Waals surface area contributed by atoms with E-state index in [4.69, 9.17) is 21.1 Å². The van der Waals surface area contributed by atoms with Crippen LogP contribution < -0.4 is 9.04 Å². The summed E-state index contributed by atoms with van der Waals surface area (Å²) in [5.41, 5.74) is 0.275. The van der Waals surface area contributed by atoms with E-state index in [2.05, 4.69) is 6.58 Å². The van der Waals surface area contributed by atoms with Gasteiger partial charge in [-0.05, 0) is 50.2 Å². The summed E-state index contributed by atoms with van der Waals surface area (Å²) < 4.78 is 38.0. The number of carbonyl (C=O) groups is 1. The summed E-state index contributed by atoms with van der Waals surface area (Å²) in [5, 5.41) is 0.407. The third-order valence-corrected chi connectivity index (χ3v) is 5.55. The Bertz CT molecular complexity index is 926. The second kappa shape index (κ2) is 9.61. The van der Waals surface area contributed by atoms with Crippen LogP contribution in [0.4, 0.5) is 5.69 Å². The van der Waals surface area contributed by atoms with Crippen LogP contribution in [0.25, 0.3) is 0 Å². The number of carbonyl (C=O) groups excluding carboxylic acids is 1. The molecule has 0 bridgehead atoms. The minimum Gasteiger partial charge on any atom is -0.489 e. The highest BCUT2D eigenvalue weighted by Gasteiger charge is 2.28. The maximum atomic E-state index is 13.2. The number of benzene rings is 2. The molecule has 0 atom stereocenters. The van der Waals surface area contributed by atoms with Gasteiger partial charge in [0.05, 0.1) is 16.7 Å². The fourth-order valence-corrected chi connectivity index (χ4v) is 3.88. The highest BCUT2D eigenvalue weighted by atomic mass is 35.5. The number of halogens is 1. The Kier molecular flexibility index (Phi) is 7.48. The molecule has 0 aliphatic rings. The molecule has 0 N–H and O–H groups in total. The molecule has 0 saturated carbocycles. The summed E-state index contributed by atoms with van der Waals surface area (Å²) in [6.45, 7) is 6.76. The lowest BCUT2D eigenvalue weighted by Crippen LogP contribution is -2.37. The van der Waals surface area contributed by atoms with Crippen molar-refractivity contribution in [3.8, 4) is 5.75 Å². The maximum Gasteiger partial charge on any atom is 0.327 e. The predicted octanol–water partition coefficient (Wildman–Crippen LogP) is 4.05. The number of nitrogens with zero attached hydrogens (tertiary/aromatic N) is 1. The lowest BCUT2D eigenvalue weighted by molar-refractivity contribution is -0.145. The number of hydrogen-bond donors (Lipinski definition) is 0. The molecule has 0 spiro atoms. The molecular formula is C20H22ClNO5S. The van der Waals surface area contributed by atoms with Crippen molar-refractivity contribution in [3.63, 3.8) is 0 Å². The minimum absolute atomic E-state index is 0.00617. The molecule has 8 heteroatoms. The van der Waals surface area contributed by atoms with Gasteiger partial charge in [0.1, 0.15) is 18.9 Å². The molecule has 28 heavy (non-hydrogen) atoms. The van der Waals surface area contributed by atoms with Crippen molar-refractivity contribution in [2.45, 2.75) is 24.8 Å². The van der Waals surface area contributed by atoms with E-state index in [1.54, 1.807) is 44.2 Å².